The molecule has 1 saturated heterocycles. The molecule has 0 aliphatic carbocycles. The number of rotatable bonds is 1. The lowest BCUT2D eigenvalue weighted by molar-refractivity contribution is -0.133. The van der Waals surface area contributed by atoms with E-state index in [4.69, 9.17) is 11.8 Å². The summed E-state index contributed by atoms with van der Waals surface area (Å²) in [4.78, 5) is 21.6. The maximum absolute atomic E-state index is 10.9. The van der Waals surface area contributed by atoms with Gasteiger partial charge in [0.15, 0.2) is 0 Å². The van der Waals surface area contributed by atoms with E-state index < -0.39 is 5.92 Å². The zero-order chi connectivity index (χ0) is 7.72. The quantitative estimate of drug-likeness (QED) is 0.417. The molecule has 0 radical (unpaired) electrons. The molecule has 0 aromatic carbocycles. The molecule has 1 aliphatic heterocycles. The van der Waals surface area contributed by atoms with Crippen molar-refractivity contribution in [3.8, 4) is 0 Å². The van der Waals surface area contributed by atoms with Crippen LogP contribution in [0.2, 0.25) is 0 Å². The topological polar surface area (TPSA) is 37.4 Å². The van der Waals surface area contributed by atoms with Crippen molar-refractivity contribution >= 4 is 23.5 Å². The van der Waals surface area contributed by atoms with E-state index in [1.165, 1.54) is 6.92 Å². The van der Waals surface area contributed by atoms with Gasteiger partial charge in [0, 0.05) is 18.3 Å². The molecule has 1 unspecified atom stereocenters. The summed E-state index contributed by atoms with van der Waals surface area (Å²) in [6.07, 6.45) is 0.567. The van der Waals surface area contributed by atoms with Crippen LogP contribution in [0.25, 0.3) is 0 Å². The summed E-state index contributed by atoms with van der Waals surface area (Å²) >= 11 is 5.43. The van der Waals surface area contributed by atoms with Gasteiger partial charge in [-0.1, -0.05) is 0 Å². The van der Waals surface area contributed by atoms with Gasteiger partial charge < -0.3 is 0 Å². The van der Waals surface area contributed by atoms with E-state index in [1.54, 1.807) is 0 Å². The molecule has 1 heterocycles. The first kappa shape index (κ1) is 7.54. The number of hydrogen-bond donors (Lipinski definition) is 0. The van der Waals surface area contributed by atoms with Gasteiger partial charge in [0.2, 0.25) is 5.91 Å². The van der Waals surface area contributed by atoms with E-state index in [-0.39, 0.29) is 11.7 Å². The molecule has 0 bridgehead atoms. The Morgan fingerprint density at radius 3 is 2.60 bits per heavy atom. The van der Waals surface area contributed by atoms with Crippen LogP contribution in [-0.4, -0.2) is 22.7 Å². The maximum atomic E-state index is 10.9. The molecule has 56 valence electrons. The molecule has 1 amide bonds. The second-order valence-corrected chi connectivity index (χ2v) is 2.78. The van der Waals surface area contributed by atoms with Crippen molar-refractivity contribution in [1.82, 2.24) is 4.42 Å². The summed E-state index contributed by atoms with van der Waals surface area (Å²) in [7, 11) is 0. The Morgan fingerprint density at radius 1 is 1.80 bits per heavy atom. The molecule has 4 heteroatoms. The fourth-order valence-corrected chi connectivity index (χ4v) is 1.24. The lowest BCUT2D eigenvalue weighted by Gasteiger charge is -2.02. The molecule has 3 nitrogen and oxygen atoms in total. The van der Waals surface area contributed by atoms with Gasteiger partial charge in [-0.2, -0.15) is 0 Å². The van der Waals surface area contributed by atoms with Crippen LogP contribution in [-0.2, 0) is 9.59 Å². The highest BCUT2D eigenvalue weighted by Gasteiger charge is 2.33. The standard InChI is InChI=1S/C6H8ClNO2/c1-4(9)5-2-3-8(7)6(5)10/h5H,2-3H2,1H3. The minimum Gasteiger partial charge on any atom is -0.299 e. The third-order valence-corrected chi connectivity index (χ3v) is 1.98. The summed E-state index contributed by atoms with van der Waals surface area (Å²) in [5.41, 5.74) is 0. The first-order chi connectivity index (χ1) is 4.63. The van der Waals surface area contributed by atoms with Crippen LogP contribution < -0.4 is 0 Å². The van der Waals surface area contributed by atoms with Crippen LogP contribution in [0.3, 0.4) is 0 Å². The van der Waals surface area contributed by atoms with Crippen molar-refractivity contribution in [3.63, 3.8) is 0 Å². The van der Waals surface area contributed by atoms with Gasteiger partial charge in [0.25, 0.3) is 0 Å². The van der Waals surface area contributed by atoms with Gasteiger partial charge in [-0.05, 0) is 13.3 Å². The Kier molecular flexibility index (Phi) is 1.94. The highest BCUT2D eigenvalue weighted by molar-refractivity contribution is 6.24. The highest BCUT2D eigenvalue weighted by atomic mass is 35.5. The Balaban J connectivity index is 2.66. The first-order valence-corrected chi connectivity index (χ1v) is 3.44. The van der Waals surface area contributed by atoms with Gasteiger partial charge >= 0.3 is 0 Å². The second-order valence-electron chi connectivity index (χ2n) is 2.38. The number of amides is 1. The SMILES string of the molecule is CC(=O)C1CCN(Cl)C1=O. The summed E-state index contributed by atoms with van der Waals surface area (Å²) in [5.74, 6) is -0.820. The van der Waals surface area contributed by atoms with E-state index in [0.717, 1.165) is 4.42 Å². The molecule has 1 rings (SSSR count). The molecule has 1 atom stereocenters. The van der Waals surface area contributed by atoms with Crippen molar-refractivity contribution in [1.29, 1.82) is 0 Å². The monoisotopic (exact) mass is 161 g/mol. The number of carbonyl (C=O) groups is 2. The van der Waals surface area contributed by atoms with E-state index in [1.807, 2.05) is 0 Å². The van der Waals surface area contributed by atoms with Crippen molar-refractivity contribution in [3.05, 3.63) is 0 Å². The van der Waals surface area contributed by atoms with Crippen LogP contribution in [0, 0.1) is 5.92 Å². The van der Waals surface area contributed by atoms with Crippen LogP contribution >= 0.6 is 11.8 Å². The predicted octanol–water partition coefficient (Wildman–Crippen LogP) is 0.578. The number of nitrogens with zero attached hydrogens (tertiary/aromatic N) is 1. The molecule has 0 saturated carbocycles. The smallest absolute Gasteiger partial charge is 0.247 e. The van der Waals surface area contributed by atoms with Crippen LogP contribution in [0.5, 0.6) is 0 Å². The van der Waals surface area contributed by atoms with Crippen molar-refractivity contribution in [2.24, 2.45) is 5.92 Å². The van der Waals surface area contributed by atoms with Gasteiger partial charge in [-0.3, -0.25) is 14.0 Å². The normalized spacial score (nSPS) is 25.6. The molecule has 10 heavy (non-hydrogen) atoms. The lowest BCUT2D eigenvalue weighted by atomic mass is 10.0. The largest absolute Gasteiger partial charge is 0.299 e. The molecule has 0 aromatic rings. The van der Waals surface area contributed by atoms with Crippen LogP contribution in [0.1, 0.15) is 13.3 Å². The van der Waals surface area contributed by atoms with Crippen LogP contribution in [0.4, 0.5) is 0 Å². The maximum Gasteiger partial charge on any atom is 0.247 e. The van der Waals surface area contributed by atoms with Crippen LogP contribution in [0.15, 0.2) is 0 Å². The van der Waals surface area contributed by atoms with E-state index in [9.17, 15) is 9.59 Å². The Bertz CT molecular complexity index is 181. The molecule has 0 spiro atoms. The third-order valence-electron chi connectivity index (χ3n) is 1.64. The zero-order valence-electron chi connectivity index (χ0n) is 5.63. The Morgan fingerprint density at radius 2 is 2.40 bits per heavy atom. The molecular weight excluding hydrogens is 154 g/mol. The average molecular weight is 162 g/mol. The van der Waals surface area contributed by atoms with Gasteiger partial charge in [-0.15, -0.1) is 0 Å². The molecule has 0 aromatic heterocycles. The fourth-order valence-electron chi connectivity index (χ4n) is 1.02. The molecular formula is C6H8ClNO2. The van der Waals surface area contributed by atoms with Crippen molar-refractivity contribution in [2.45, 2.75) is 13.3 Å². The van der Waals surface area contributed by atoms with E-state index in [0.29, 0.717) is 13.0 Å². The van der Waals surface area contributed by atoms with Crippen molar-refractivity contribution < 1.29 is 9.59 Å². The van der Waals surface area contributed by atoms with Gasteiger partial charge in [-0.25, -0.2) is 0 Å². The number of hydrogen-bond acceptors (Lipinski definition) is 2. The van der Waals surface area contributed by atoms with Gasteiger partial charge in [0.1, 0.15) is 5.78 Å². The second kappa shape index (κ2) is 2.58. The molecule has 1 fully saturated rings. The summed E-state index contributed by atoms with van der Waals surface area (Å²) in [6, 6.07) is 0. The zero-order valence-corrected chi connectivity index (χ0v) is 6.39. The minimum absolute atomic E-state index is 0.0897. The van der Waals surface area contributed by atoms with E-state index in [2.05, 4.69) is 0 Å². The fraction of sp³-hybridized carbons (Fsp3) is 0.667. The third kappa shape index (κ3) is 1.14. The predicted molar refractivity (Wildman–Crippen MR) is 36.4 cm³/mol. The number of halogens is 1. The number of carbonyl (C=O) groups excluding carboxylic acids is 2. The van der Waals surface area contributed by atoms with Crippen molar-refractivity contribution in [2.75, 3.05) is 6.54 Å². The first-order valence-electron chi connectivity index (χ1n) is 3.10. The molecule has 0 N–H and O–H groups in total. The lowest BCUT2D eigenvalue weighted by Crippen LogP contribution is -2.22. The summed E-state index contributed by atoms with van der Waals surface area (Å²) < 4.78 is 1.08. The molecule has 1 aliphatic rings. The minimum atomic E-state index is -0.475. The summed E-state index contributed by atoms with van der Waals surface area (Å²) in [6.45, 7) is 1.91. The Hall–Kier alpha value is -0.570. The number of ketones is 1. The highest BCUT2D eigenvalue weighted by Crippen LogP contribution is 2.19. The van der Waals surface area contributed by atoms with Gasteiger partial charge in [0.05, 0.1) is 5.92 Å². The Labute approximate surface area is 64.1 Å². The number of Topliss-reactive ketones (excluding diaryl/α,β-unsaturated/α-hetero) is 1. The summed E-state index contributed by atoms with van der Waals surface area (Å²) in [5, 5.41) is 0. The van der Waals surface area contributed by atoms with E-state index >= 15 is 0 Å². The average Bonchev–Trinajstić information content (AvgIpc) is 2.14.